The minimum Gasteiger partial charge on any atom is -0.364 e. The molecule has 1 aliphatic carbocycles. The van der Waals surface area contributed by atoms with Crippen molar-refractivity contribution < 1.29 is 9.53 Å². The summed E-state index contributed by atoms with van der Waals surface area (Å²) in [5.41, 5.74) is 5.66. The second kappa shape index (κ2) is 7.99. The predicted molar refractivity (Wildman–Crippen MR) is 82.5 cm³/mol. The summed E-state index contributed by atoms with van der Waals surface area (Å²) in [5, 5.41) is 0. The minimum absolute atomic E-state index is 0.0449. The molecule has 20 heavy (non-hydrogen) atoms. The van der Waals surface area contributed by atoms with E-state index in [-0.39, 0.29) is 24.2 Å². The molecule has 0 aromatic heterocycles. The third-order valence-electron chi connectivity index (χ3n) is 4.76. The molecule has 0 spiro atoms. The maximum absolute atomic E-state index is 12.0. The van der Waals surface area contributed by atoms with Crippen molar-refractivity contribution in [2.75, 3.05) is 20.2 Å². The highest BCUT2D eigenvalue weighted by molar-refractivity contribution is 5.77. The summed E-state index contributed by atoms with van der Waals surface area (Å²) < 4.78 is 5.96. The zero-order valence-electron chi connectivity index (χ0n) is 13.7. The zero-order chi connectivity index (χ0) is 15.2. The Hall–Kier alpha value is -0.610. The number of carbonyl (C=O) groups is 1. The van der Waals surface area contributed by atoms with Crippen molar-refractivity contribution in [3.8, 4) is 0 Å². The van der Waals surface area contributed by atoms with Gasteiger partial charge in [-0.25, -0.2) is 0 Å². The predicted octanol–water partition coefficient (Wildman–Crippen LogP) is 2.56. The fourth-order valence-corrected chi connectivity index (χ4v) is 2.91. The van der Waals surface area contributed by atoms with Crippen LogP contribution < -0.4 is 5.73 Å². The van der Waals surface area contributed by atoms with Crippen LogP contribution in [0.1, 0.15) is 59.3 Å². The molecule has 4 heteroatoms. The van der Waals surface area contributed by atoms with E-state index in [1.807, 2.05) is 20.9 Å². The van der Waals surface area contributed by atoms with Crippen LogP contribution in [0.3, 0.4) is 0 Å². The number of nitrogens with two attached hydrogens (primary N) is 1. The first-order valence-electron chi connectivity index (χ1n) is 8.03. The quantitative estimate of drug-likeness (QED) is 0.781. The zero-order valence-corrected chi connectivity index (χ0v) is 13.7. The molecule has 118 valence electrons. The molecule has 1 aliphatic rings. The van der Waals surface area contributed by atoms with Gasteiger partial charge in [0, 0.05) is 19.6 Å². The van der Waals surface area contributed by atoms with E-state index in [0.29, 0.717) is 6.54 Å². The topological polar surface area (TPSA) is 55.6 Å². The summed E-state index contributed by atoms with van der Waals surface area (Å²) in [5.74, 6) is 0.862. The van der Waals surface area contributed by atoms with E-state index in [1.54, 1.807) is 4.90 Å². The van der Waals surface area contributed by atoms with Crippen LogP contribution in [-0.4, -0.2) is 42.6 Å². The summed E-state index contributed by atoms with van der Waals surface area (Å²) >= 11 is 0. The first-order valence-corrected chi connectivity index (χ1v) is 8.03. The van der Waals surface area contributed by atoms with Crippen molar-refractivity contribution in [3.05, 3.63) is 0 Å². The van der Waals surface area contributed by atoms with Crippen LogP contribution in [0.15, 0.2) is 0 Å². The molecule has 4 nitrogen and oxygen atoms in total. The van der Waals surface area contributed by atoms with Gasteiger partial charge in [-0.15, -0.1) is 0 Å². The van der Waals surface area contributed by atoms with Crippen molar-refractivity contribution in [1.82, 2.24) is 4.90 Å². The number of likely N-dealkylation sites (N-methyl/N-ethyl adjacent to an activating group) is 1. The van der Waals surface area contributed by atoms with E-state index in [9.17, 15) is 4.79 Å². The van der Waals surface area contributed by atoms with Gasteiger partial charge in [-0.3, -0.25) is 4.79 Å². The van der Waals surface area contributed by atoms with Gasteiger partial charge >= 0.3 is 0 Å². The molecule has 1 fully saturated rings. The van der Waals surface area contributed by atoms with Gasteiger partial charge in [0.2, 0.25) is 5.91 Å². The first kappa shape index (κ1) is 17.4. The molecule has 0 saturated heterocycles. The molecule has 0 atom stereocenters. The van der Waals surface area contributed by atoms with Gasteiger partial charge < -0.3 is 15.4 Å². The third-order valence-corrected chi connectivity index (χ3v) is 4.76. The lowest BCUT2D eigenvalue weighted by atomic mass is 9.77. The summed E-state index contributed by atoms with van der Waals surface area (Å²) in [4.78, 5) is 13.7. The summed E-state index contributed by atoms with van der Waals surface area (Å²) in [7, 11) is 1.82. The molecular weight excluding hydrogens is 252 g/mol. The van der Waals surface area contributed by atoms with Crippen LogP contribution in [0.4, 0.5) is 0 Å². The van der Waals surface area contributed by atoms with Crippen molar-refractivity contribution in [3.63, 3.8) is 0 Å². The third kappa shape index (κ3) is 4.74. The van der Waals surface area contributed by atoms with Crippen LogP contribution in [0.2, 0.25) is 0 Å². The van der Waals surface area contributed by atoms with Gasteiger partial charge in [-0.05, 0) is 45.4 Å². The highest BCUT2D eigenvalue weighted by Gasteiger charge is 2.35. The Morgan fingerprint density at radius 2 is 2.00 bits per heavy atom. The largest absolute Gasteiger partial charge is 0.364 e. The van der Waals surface area contributed by atoms with Crippen LogP contribution in [-0.2, 0) is 9.53 Å². The van der Waals surface area contributed by atoms with Crippen LogP contribution in [0.5, 0.6) is 0 Å². The molecule has 0 aromatic carbocycles. The Kier molecular flexibility index (Phi) is 6.96. The normalized spacial score (nSPS) is 26.8. The van der Waals surface area contributed by atoms with E-state index in [4.69, 9.17) is 10.5 Å². The van der Waals surface area contributed by atoms with E-state index < -0.39 is 0 Å². The summed E-state index contributed by atoms with van der Waals surface area (Å²) in [6.45, 7) is 6.93. The second-order valence-electron chi connectivity index (χ2n) is 6.51. The molecule has 0 bridgehead atoms. The molecule has 1 amide bonds. The Morgan fingerprint density at radius 3 is 2.45 bits per heavy atom. The van der Waals surface area contributed by atoms with Crippen LogP contribution >= 0.6 is 0 Å². The number of hydrogen-bond donors (Lipinski definition) is 1. The summed E-state index contributed by atoms with van der Waals surface area (Å²) in [6, 6.07) is 0.209. The molecule has 0 aliphatic heterocycles. The standard InChI is InChI=1S/C16H32N2O2/c1-5-6-14-7-9-16(12-17,10-8-14)20-11-15(19)18(4)13(2)3/h13-14H,5-12,17H2,1-4H3. The number of nitrogens with zero attached hydrogens (tertiary/aromatic N) is 1. The number of carbonyl (C=O) groups excluding carboxylic acids is 1. The monoisotopic (exact) mass is 284 g/mol. The fourth-order valence-electron chi connectivity index (χ4n) is 2.91. The van der Waals surface area contributed by atoms with Crippen molar-refractivity contribution in [1.29, 1.82) is 0 Å². The maximum Gasteiger partial charge on any atom is 0.248 e. The number of rotatable bonds is 7. The Balaban J connectivity index is 2.45. The molecular formula is C16H32N2O2. The van der Waals surface area contributed by atoms with Crippen LogP contribution in [0, 0.1) is 5.92 Å². The van der Waals surface area contributed by atoms with E-state index in [0.717, 1.165) is 18.8 Å². The molecule has 1 rings (SSSR count). The number of ether oxygens (including phenoxy) is 1. The number of hydrogen-bond acceptors (Lipinski definition) is 3. The van der Waals surface area contributed by atoms with E-state index in [2.05, 4.69) is 6.92 Å². The lowest BCUT2D eigenvalue weighted by Crippen LogP contribution is -2.47. The average Bonchev–Trinajstić information content (AvgIpc) is 2.46. The SMILES string of the molecule is CCCC1CCC(CN)(OCC(=O)N(C)C(C)C)CC1. The highest BCUT2D eigenvalue weighted by atomic mass is 16.5. The molecule has 0 unspecified atom stereocenters. The van der Waals surface area contributed by atoms with Gasteiger partial charge in [0.1, 0.15) is 6.61 Å². The van der Waals surface area contributed by atoms with Crippen LogP contribution in [0.25, 0.3) is 0 Å². The first-order chi connectivity index (χ1) is 9.44. The van der Waals surface area contributed by atoms with Crippen molar-refractivity contribution in [2.45, 2.75) is 70.9 Å². The average molecular weight is 284 g/mol. The van der Waals surface area contributed by atoms with Crippen molar-refractivity contribution >= 4 is 5.91 Å². The number of amides is 1. The van der Waals surface area contributed by atoms with E-state index >= 15 is 0 Å². The maximum atomic E-state index is 12.0. The molecule has 1 saturated carbocycles. The van der Waals surface area contributed by atoms with Gasteiger partial charge in [0.25, 0.3) is 0 Å². The Bertz CT molecular complexity index is 297. The Morgan fingerprint density at radius 1 is 1.40 bits per heavy atom. The lowest BCUT2D eigenvalue weighted by molar-refractivity contribution is -0.146. The molecule has 0 heterocycles. The Labute approximate surface area is 124 Å². The molecule has 0 radical (unpaired) electrons. The minimum atomic E-state index is -0.266. The molecule has 0 aromatic rings. The summed E-state index contributed by atoms with van der Waals surface area (Å²) in [6.07, 6.45) is 6.90. The molecule has 2 N–H and O–H groups in total. The smallest absolute Gasteiger partial charge is 0.248 e. The van der Waals surface area contributed by atoms with Gasteiger partial charge in [0.15, 0.2) is 0 Å². The van der Waals surface area contributed by atoms with Gasteiger partial charge in [-0.2, -0.15) is 0 Å². The van der Waals surface area contributed by atoms with Crippen molar-refractivity contribution in [2.24, 2.45) is 11.7 Å². The highest BCUT2D eigenvalue weighted by Crippen LogP contribution is 2.36. The fraction of sp³-hybridized carbons (Fsp3) is 0.938. The lowest BCUT2D eigenvalue weighted by Gasteiger charge is -2.39. The van der Waals surface area contributed by atoms with Gasteiger partial charge in [0.05, 0.1) is 5.60 Å². The van der Waals surface area contributed by atoms with E-state index in [1.165, 1.54) is 25.7 Å². The van der Waals surface area contributed by atoms with Gasteiger partial charge in [-0.1, -0.05) is 19.8 Å². The second-order valence-corrected chi connectivity index (χ2v) is 6.51.